The quantitative estimate of drug-likeness (QED) is 0.291. The molecule has 3 N–H and O–H groups in total. The van der Waals surface area contributed by atoms with Gasteiger partial charge in [-0.25, -0.2) is 0 Å². The van der Waals surface area contributed by atoms with E-state index in [1.807, 2.05) is 31.2 Å². The van der Waals surface area contributed by atoms with Crippen LogP contribution in [-0.2, 0) is 6.42 Å². The summed E-state index contributed by atoms with van der Waals surface area (Å²) in [5.41, 5.74) is 2.02. The van der Waals surface area contributed by atoms with Crippen molar-refractivity contribution in [2.75, 3.05) is 26.7 Å². The molecule has 0 saturated heterocycles. The largest absolute Gasteiger partial charge is 0.497 e. The average Bonchev–Trinajstić information content (AvgIpc) is 2.67. The number of methoxy groups -OCH3 is 1. The van der Waals surface area contributed by atoms with E-state index >= 15 is 0 Å². The molecule has 0 spiro atoms. The van der Waals surface area contributed by atoms with E-state index in [1.165, 1.54) is 5.56 Å². The molecule has 1 unspecified atom stereocenters. The molecule has 2 rings (SSSR count). The van der Waals surface area contributed by atoms with E-state index in [0.29, 0.717) is 11.0 Å². The highest BCUT2D eigenvalue weighted by Crippen LogP contribution is 2.16. The number of benzene rings is 2. The van der Waals surface area contributed by atoms with Gasteiger partial charge < -0.3 is 20.5 Å². The van der Waals surface area contributed by atoms with Crippen molar-refractivity contribution in [2.45, 2.75) is 19.4 Å². The Morgan fingerprint density at radius 2 is 1.78 bits per heavy atom. The number of rotatable bonds is 8. The van der Waals surface area contributed by atoms with Gasteiger partial charge in [-0.05, 0) is 48.7 Å². The molecule has 2 aromatic rings. The summed E-state index contributed by atoms with van der Waals surface area (Å²) in [7, 11) is 1.66. The van der Waals surface area contributed by atoms with Gasteiger partial charge in [0.25, 0.3) is 0 Å². The summed E-state index contributed by atoms with van der Waals surface area (Å²) in [5.74, 6) is 1.54. The third-order valence-electron chi connectivity index (χ3n) is 3.89. The minimum absolute atomic E-state index is 0. The molecule has 27 heavy (non-hydrogen) atoms. The van der Waals surface area contributed by atoms with E-state index < -0.39 is 6.10 Å². The van der Waals surface area contributed by atoms with Crippen LogP contribution >= 0.6 is 35.6 Å². The maximum Gasteiger partial charge on any atom is 0.191 e. The van der Waals surface area contributed by atoms with Crippen molar-refractivity contribution in [3.05, 3.63) is 64.7 Å². The van der Waals surface area contributed by atoms with E-state index in [1.54, 1.807) is 19.2 Å². The van der Waals surface area contributed by atoms with Gasteiger partial charge >= 0.3 is 0 Å². The highest BCUT2D eigenvalue weighted by atomic mass is 127. The maximum atomic E-state index is 10.3. The molecule has 0 amide bonds. The van der Waals surface area contributed by atoms with Crippen LogP contribution in [0, 0.1) is 0 Å². The normalized spacial score (nSPS) is 12.1. The molecule has 0 saturated carbocycles. The standard InChI is InChI=1S/C20H26ClN3O2.HI/c1-3-22-20(23-13-12-15-4-10-18(26-2)11-5-15)24-14-19(25)16-6-8-17(21)9-7-16;/h4-11,19,25H,3,12-14H2,1-2H3,(H2,22,23,24);1H. The first-order valence-corrected chi connectivity index (χ1v) is 9.08. The van der Waals surface area contributed by atoms with Gasteiger partial charge in [0.15, 0.2) is 5.96 Å². The van der Waals surface area contributed by atoms with Crippen molar-refractivity contribution in [1.29, 1.82) is 0 Å². The Morgan fingerprint density at radius 3 is 2.37 bits per heavy atom. The highest BCUT2D eigenvalue weighted by Gasteiger charge is 2.07. The Bertz CT molecular complexity index is 693. The predicted molar refractivity (Wildman–Crippen MR) is 123 cm³/mol. The highest BCUT2D eigenvalue weighted by molar-refractivity contribution is 14.0. The molecular weight excluding hydrogens is 477 g/mol. The Hall–Kier alpha value is -1.51. The number of aliphatic imine (C=N–C) groups is 1. The Balaban J connectivity index is 0.00000364. The molecule has 0 aromatic heterocycles. The number of nitrogens with zero attached hydrogens (tertiary/aromatic N) is 1. The first-order chi connectivity index (χ1) is 12.6. The fraction of sp³-hybridized carbons (Fsp3) is 0.350. The number of guanidine groups is 1. The average molecular weight is 504 g/mol. The molecule has 2 aromatic carbocycles. The van der Waals surface area contributed by atoms with Crippen LogP contribution in [0.5, 0.6) is 5.75 Å². The van der Waals surface area contributed by atoms with Crippen molar-refractivity contribution >= 4 is 41.5 Å². The van der Waals surface area contributed by atoms with Crippen LogP contribution in [-0.4, -0.2) is 37.8 Å². The lowest BCUT2D eigenvalue weighted by molar-refractivity contribution is 0.187. The molecule has 0 radical (unpaired) electrons. The zero-order valence-electron chi connectivity index (χ0n) is 15.6. The zero-order valence-corrected chi connectivity index (χ0v) is 18.7. The number of hydrogen-bond donors (Lipinski definition) is 3. The van der Waals surface area contributed by atoms with Crippen molar-refractivity contribution < 1.29 is 9.84 Å². The van der Waals surface area contributed by atoms with E-state index in [4.69, 9.17) is 16.3 Å². The summed E-state index contributed by atoms with van der Waals surface area (Å²) in [6.07, 6.45) is 0.207. The molecule has 148 valence electrons. The van der Waals surface area contributed by atoms with Crippen LogP contribution in [0.25, 0.3) is 0 Å². The summed E-state index contributed by atoms with van der Waals surface area (Å²) >= 11 is 5.87. The molecule has 0 bridgehead atoms. The van der Waals surface area contributed by atoms with E-state index in [9.17, 15) is 5.11 Å². The lowest BCUT2D eigenvalue weighted by Gasteiger charge is -2.13. The van der Waals surface area contributed by atoms with Gasteiger partial charge in [0, 0.05) is 18.1 Å². The van der Waals surface area contributed by atoms with Crippen LogP contribution in [0.3, 0.4) is 0 Å². The molecule has 0 fully saturated rings. The monoisotopic (exact) mass is 503 g/mol. The lowest BCUT2D eigenvalue weighted by atomic mass is 10.1. The van der Waals surface area contributed by atoms with Crippen molar-refractivity contribution in [3.63, 3.8) is 0 Å². The Labute approximate surface area is 183 Å². The second kappa shape index (κ2) is 12.8. The number of aliphatic hydroxyl groups is 1. The minimum Gasteiger partial charge on any atom is -0.497 e. The second-order valence-corrected chi connectivity index (χ2v) is 6.25. The van der Waals surface area contributed by atoms with Gasteiger partial charge in [-0.1, -0.05) is 35.9 Å². The SMILES string of the molecule is CCNC(=NCC(O)c1ccc(Cl)cc1)NCCc1ccc(OC)cc1.I. The predicted octanol–water partition coefficient (Wildman–Crippen LogP) is 3.80. The number of aliphatic hydroxyl groups excluding tert-OH is 1. The number of nitrogens with one attached hydrogen (secondary N) is 2. The van der Waals surface area contributed by atoms with Gasteiger partial charge in [0.2, 0.25) is 0 Å². The minimum atomic E-state index is -0.663. The summed E-state index contributed by atoms with van der Waals surface area (Å²) < 4.78 is 5.17. The molecule has 0 aliphatic heterocycles. The maximum absolute atomic E-state index is 10.3. The summed E-state index contributed by atoms with van der Waals surface area (Å²) in [6.45, 7) is 3.79. The van der Waals surface area contributed by atoms with Crippen molar-refractivity contribution in [3.8, 4) is 5.75 Å². The van der Waals surface area contributed by atoms with Gasteiger partial charge in [-0.3, -0.25) is 4.99 Å². The molecule has 1 atom stereocenters. The third kappa shape index (κ3) is 8.36. The Kier molecular flexibility index (Phi) is 11.2. The Morgan fingerprint density at radius 1 is 1.11 bits per heavy atom. The molecule has 0 aliphatic rings. The molecule has 5 nitrogen and oxygen atoms in total. The van der Waals surface area contributed by atoms with Gasteiger partial charge in [-0.2, -0.15) is 0 Å². The van der Waals surface area contributed by atoms with E-state index in [0.717, 1.165) is 30.8 Å². The van der Waals surface area contributed by atoms with Crippen LogP contribution in [0.4, 0.5) is 0 Å². The molecule has 0 heterocycles. The van der Waals surface area contributed by atoms with E-state index in [-0.39, 0.29) is 30.5 Å². The summed E-state index contributed by atoms with van der Waals surface area (Å²) in [6, 6.07) is 15.2. The van der Waals surface area contributed by atoms with Gasteiger partial charge in [0.05, 0.1) is 19.8 Å². The number of halogens is 2. The van der Waals surface area contributed by atoms with Crippen molar-refractivity contribution in [2.24, 2.45) is 4.99 Å². The molecular formula is C20H27ClIN3O2. The van der Waals surface area contributed by atoms with Crippen LogP contribution in [0.15, 0.2) is 53.5 Å². The van der Waals surface area contributed by atoms with Crippen molar-refractivity contribution in [1.82, 2.24) is 10.6 Å². The topological polar surface area (TPSA) is 65.9 Å². The van der Waals surface area contributed by atoms with Gasteiger partial charge in [0.1, 0.15) is 5.75 Å². The van der Waals surface area contributed by atoms with E-state index in [2.05, 4.69) is 27.8 Å². The lowest BCUT2D eigenvalue weighted by Crippen LogP contribution is -2.38. The van der Waals surface area contributed by atoms with Crippen LogP contribution < -0.4 is 15.4 Å². The summed E-state index contributed by atoms with van der Waals surface area (Å²) in [4.78, 5) is 4.46. The fourth-order valence-electron chi connectivity index (χ4n) is 2.43. The fourth-order valence-corrected chi connectivity index (χ4v) is 2.55. The zero-order chi connectivity index (χ0) is 18.8. The van der Waals surface area contributed by atoms with Crippen LogP contribution in [0.2, 0.25) is 5.02 Å². The third-order valence-corrected chi connectivity index (χ3v) is 4.14. The first kappa shape index (κ1) is 23.5. The molecule has 0 aliphatic carbocycles. The second-order valence-electron chi connectivity index (χ2n) is 5.81. The van der Waals surface area contributed by atoms with Gasteiger partial charge in [-0.15, -0.1) is 24.0 Å². The number of hydrogen-bond acceptors (Lipinski definition) is 3. The number of ether oxygens (including phenoxy) is 1. The first-order valence-electron chi connectivity index (χ1n) is 8.71. The van der Waals surface area contributed by atoms with Crippen LogP contribution in [0.1, 0.15) is 24.2 Å². The smallest absolute Gasteiger partial charge is 0.191 e. The molecule has 7 heteroatoms. The summed E-state index contributed by atoms with van der Waals surface area (Å²) in [5, 5.41) is 17.4.